The van der Waals surface area contributed by atoms with Crippen LogP contribution in [0.15, 0.2) is 84.9 Å². The van der Waals surface area contributed by atoms with Crippen LogP contribution in [0.25, 0.3) is 0 Å². The number of phenolic OH excluding ortho intramolecular Hbond substituents is 1. The first-order valence-electron chi connectivity index (χ1n) is 21.9. The Hall–Kier alpha value is -5.35. The number of ether oxygens (including phenoxy) is 1. The van der Waals surface area contributed by atoms with Crippen molar-refractivity contribution in [1.82, 2.24) is 15.1 Å². The Morgan fingerprint density at radius 1 is 0.814 bits per heavy atom. The van der Waals surface area contributed by atoms with Crippen molar-refractivity contribution >= 4 is 29.1 Å². The minimum atomic E-state index is -0.628. The van der Waals surface area contributed by atoms with Crippen molar-refractivity contribution in [3.8, 4) is 11.5 Å². The predicted molar refractivity (Wildman–Crippen MR) is 226 cm³/mol. The highest BCUT2D eigenvalue weighted by atomic mass is 16.5. The summed E-state index contributed by atoms with van der Waals surface area (Å²) in [5.74, 6) is 1.74. The van der Waals surface area contributed by atoms with Crippen molar-refractivity contribution < 1.29 is 24.2 Å². The molecule has 304 valence electrons. The first-order chi connectivity index (χ1) is 28.8. The molecule has 0 unspecified atom stereocenters. The number of nitrogens with one attached hydrogen (secondary N) is 1. The molecule has 10 heteroatoms. The first kappa shape index (κ1) is 36.7. The van der Waals surface area contributed by atoms with Gasteiger partial charge in [0, 0.05) is 68.4 Å². The summed E-state index contributed by atoms with van der Waals surface area (Å²) < 4.78 is 6.46. The zero-order chi connectivity index (χ0) is 39.8. The van der Waals surface area contributed by atoms with E-state index in [4.69, 9.17) is 4.74 Å². The van der Waals surface area contributed by atoms with Gasteiger partial charge in [0.25, 0.3) is 5.91 Å². The van der Waals surface area contributed by atoms with Crippen LogP contribution in [0.5, 0.6) is 11.5 Å². The van der Waals surface area contributed by atoms with E-state index >= 15 is 0 Å². The fraction of sp³-hybridized carbons (Fsp3) is 0.449. The number of aryl methyl sites for hydroxylation is 1. The summed E-state index contributed by atoms with van der Waals surface area (Å²) in [5.41, 5.74) is 9.70. The zero-order valence-corrected chi connectivity index (χ0v) is 33.7. The lowest BCUT2D eigenvalue weighted by molar-refractivity contribution is -0.136. The van der Waals surface area contributed by atoms with Crippen molar-refractivity contribution in [2.24, 2.45) is 11.3 Å². The largest absolute Gasteiger partial charge is 0.508 e. The van der Waals surface area contributed by atoms with E-state index in [0.717, 1.165) is 75.0 Å². The number of rotatable bonds is 6. The summed E-state index contributed by atoms with van der Waals surface area (Å²) >= 11 is 0. The van der Waals surface area contributed by atoms with Crippen LogP contribution in [-0.4, -0.2) is 90.6 Å². The second-order valence-electron chi connectivity index (χ2n) is 18.5. The van der Waals surface area contributed by atoms with E-state index in [9.17, 15) is 19.5 Å². The van der Waals surface area contributed by atoms with Gasteiger partial charge in [-0.2, -0.15) is 0 Å². The molecule has 2 aliphatic carbocycles. The number of piperazine rings is 1. The van der Waals surface area contributed by atoms with Gasteiger partial charge in [0.1, 0.15) is 24.1 Å². The van der Waals surface area contributed by atoms with Gasteiger partial charge in [-0.05, 0) is 121 Å². The van der Waals surface area contributed by atoms with Gasteiger partial charge in [-0.15, -0.1) is 0 Å². The molecular weight excluding hydrogens is 739 g/mol. The zero-order valence-electron chi connectivity index (χ0n) is 33.7. The molecule has 2 N–H and O–H groups in total. The van der Waals surface area contributed by atoms with Crippen LogP contribution in [-0.2, 0) is 22.6 Å². The summed E-state index contributed by atoms with van der Waals surface area (Å²) in [4.78, 5) is 47.1. The van der Waals surface area contributed by atoms with Gasteiger partial charge < -0.3 is 24.5 Å². The minimum absolute atomic E-state index is 0.159. The van der Waals surface area contributed by atoms with E-state index in [1.165, 1.54) is 53.6 Å². The lowest BCUT2D eigenvalue weighted by atomic mass is 9.57. The van der Waals surface area contributed by atoms with Gasteiger partial charge in [0.15, 0.2) is 0 Å². The summed E-state index contributed by atoms with van der Waals surface area (Å²) in [6.07, 6.45) is 7.83. The standard InChI is InChI=1S/C49H53N5O5/c55-37-11-13-39-34(24-37)8-12-38(32-4-2-1-3-5-32)45(39)33-6-9-35(10-7-33)52-20-18-49(19-21-52)25-31(26-49)27-51-22-23-53-36(28-51)30-59-46-41-29-54(43-16-17-44(56)50-47(43)57)48(58)40(41)14-15-42(46)53/h1-7,9-11,13-15,24,31,36,38,43,45,55H,8,12,16-23,25-30H2,(H,50,56,57)/t36-,38-,43+,45+/m1/s1. The van der Waals surface area contributed by atoms with Gasteiger partial charge in [0.2, 0.25) is 11.8 Å². The quantitative estimate of drug-likeness (QED) is 0.211. The second kappa shape index (κ2) is 14.4. The topological polar surface area (TPSA) is 106 Å². The number of hydrogen-bond donors (Lipinski definition) is 2. The lowest BCUT2D eigenvalue weighted by Gasteiger charge is -2.54. The van der Waals surface area contributed by atoms with E-state index in [-0.39, 0.29) is 36.1 Å². The highest BCUT2D eigenvalue weighted by molar-refractivity contribution is 6.06. The fourth-order valence-corrected chi connectivity index (χ4v) is 12.2. The van der Waals surface area contributed by atoms with E-state index in [1.807, 2.05) is 24.3 Å². The molecule has 0 aromatic heterocycles. The number of phenols is 1. The normalized spacial score (nSPS) is 26.4. The number of carbonyl (C=O) groups excluding carboxylic acids is 3. The van der Waals surface area contributed by atoms with Crippen molar-refractivity contribution in [2.45, 2.75) is 81.8 Å². The number of imide groups is 1. The Morgan fingerprint density at radius 3 is 2.42 bits per heavy atom. The third-order valence-corrected chi connectivity index (χ3v) is 15.2. The molecule has 5 aliphatic heterocycles. The number of fused-ring (bicyclic) bond motifs is 6. The molecule has 0 bridgehead atoms. The smallest absolute Gasteiger partial charge is 0.255 e. The second-order valence-corrected chi connectivity index (χ2v) is 18.5. The number of anilines is 2. The maximum Gasteiger partial charge on any atom is 0.255 e. The van der Waals surface area contributed by atoms with E-state index in [0.29, 0.717) is 42.2 Å². The Labute approximate surface area is 346 Å². The summed E-state index contributed by atoms with van der Waals surface area (Å²) in [6, 6.07) is 29.9. The van der Waals surface area contributed by atoms with Crippen molar-refractivity contribution in [1.29, 1.82) is 0 Å². The molecule has 1 saturated carbocycles. The molecule has 4 fully saturated rings. The number of carbonyl (C=O) groups is 3. The average molecular weight is 792 g/mol. The van der Waals surface area contributed by atoms with Crippen LogP contribution < -0.4 is 19.9 Å². The molecule has 1 spiro atoms. The Bertz CT molecular complexity index is 2300. The van der Waals surface area contributed by atoms with Gasteiger partial charge in [-0.3, -0.25) is 24.6 Å². The van der Waals surface area contributed by atoms with Crippen molar-refractivity contribution in [3.05, 3.63) is 118 Å². The Morgan fingerprint density at radius 2 is 1.63 bits per heavy atom. The summed E-state index contributed by atoms with van der Waals surface area (Å²) in [6.45, 7) is 7.22. The number of hydrogen-bond acceptors (Lipinski definition) is 8. The first-order valence-corrected chi connectivity index (χ1v) is 21.9. The molecule has 4 aromatic rings. The van der Waals surface area contributed by atoms with Gasteiger partial charge in [-0.1, -0.05) is 48.5 Å². The SMILES string of the molecule is O=C1CC[C@H](N2Cc3c(ccc4c3OC[C@H]3CN(CC5CC6(CCN(c7ccc([C@@H]8c9ccc(O)cc9CC[C@@H]8c8ccccc8)cc7)CC6)C5)CCN43)C2=O)C(=O)N1. The molecular formula is C49H53N5O5. The van der Waals surface area contributed by atoms with Crippen molar-refractivity contribution in [2.75, 3.05) is 55.7 Å². The molecule has 10 nitrogen and oxygen atoms in total. The van der Waals surface area contributed by atoms with Crippen LogP contribution in [0.3, 0.4) is 0 Å². The number of aromatic hydroxyl groups is 1. The molecule has 7 aliphatic rings. The van der Waals surface area contributed by atoms with E-state index in [1.54, 1.807) is 4.90 Å². The minimum Gasteiger partial charge on any atom is -0.508 e. The molecule has 59 heavy (non-hydrogen) atoms. The lowest BCUT2D eigenvalue weighted by Crippen LogP contribution is -2.59. The van der Waals surface area contributed by atoms with E-state index in [2.05, 4.69) is 80.7 Å². The molecule has 4 atom stereocenters. The molecule has 11 rings (SSSR count). The van der Waals surface area contributed by atoms with Crippen LogP contribution >= 0.6 is 0 Å². The highest BCUT2D eigenvalue weighted by Crippen LogP contribution is 2.54. The van der Waals surface area contributed by atoms with Crippen LogP contribution in [0.2, 0.25) is 0 Å². The average Bonchev–Trinajstić information content (AvgIpc) is 3.58. The summed E-state index contributed by atoms with van der Waals surface area (Å²) in [7, 11) is 0. The number of benzene rings is 4. The van der Waals surface area contributed by atoms with Crippen LogP contribution in [0, 0.1) is 11.3 Å². The Balaban J connectivity index is 0.688. The van der Waals surface area contributed by atoms with Gasteiger partial charge in [0.05, 0.1) is 18.3 Å². The summed E-state index contributed by atoms with van der Waals surface area (Å²) in [5, 5.41) is 12.7. The van der Waals surface area contributed by atoms with Crippen LogP contribution in [0.1, 0.15) is 95.0 Å². The van der Waals surface area contributed by atoms with E-state index < -0.39 is 6.04 Å². The third-order valence-electron chi connectivity index (χ3n) is 15.2. The maximum atomic E-state index is 13.4. The third kappa shape index (κ3) is 6.46. The van der Waals surface area contributed by atoms with Crippen molar-refractivity contribution in [3.63, 3.8) is 0 Å². The Kier molecular flexibility index (Phi) is 8.98. The molecule has 3 amide bonds. The number of nitrogens with zero attached hydrogens (tertiary/aromatic N) is 4. The monoisotopic (exact) mass is 791 g/mol. The van der Waals surface area contributed by atoms with Crippen LogP contribution in [0.4, 0.5) is 11.4 Å². The molecule has 5 heterocycles. The molecule has 4 aromatic carbocycles. The van der Waals surface area contributed by atoms with Gasteiger partial charge >= 0.3 is 0 Å². The van der Waals surface area contributed by atoms with Gasteiger partial charge in [-0.25, -0.2) is 0 Å². The number of amides is 3. The molecule has 3 saturated heterocycles. The maximum absolute atomic E-state index is 13.4. The predicted octanol–water partition coefficient (Wildman–Crippen LogP) is 6.59. The molecule has 0 radical (unpaired) electrons. The number of piperidine rings is 2. The highest BCUT2D eigenvalue weighted by Gasteiger charge is 2.47. The fourth-order valence-electron chi connectivity index (χ4n) is 12.2.